The van der Waals surface area contributed by atoms with E-state index >= 15 is 0 Å². The minimum atomic E-state index is -1.16. The van der Waals surface area contributed by atoms with Gasteiger partial charge in [-0.1, -0.05) is 66.4 Å². The van der Waals surface area contributed by atoms with Crippen LogP contribution in [0, 0.1) is 0 Å². The number of hydrogen-bond donors (Lipinski definition) is 0. The molecule has 144 valence electrons. The van der Waals surface area contributed by atoms with Crippen molar-refractivity contribution in [3.63, 3.8) is 0 Å². The summed E-state index contributed by atoms with van der Waals surface area (Å²) >= 11 is 1.54. The predicted molar refractivity (Wildman–Crippen MR) is 111 cm³/mol. The summed E-state index contributed by atoms with van der Waals surface area (Å²) in [5.74, 6) is 0.402. The van der Waals surface area contributed by atoms with Crippen molar-refractivity contribution in [1.29, 1.82) is 0 Å². The van der Waals surface area contributed by atoms with E-state index < -0.39 is 5.97 Å². The summed E-state index contributed by atoms with van der Waals surface area (Å²) in [6, 6.07) is 18.8. The van der Waals surface area contributed by atoms with Gasteiger partial charge in [-0.05, 0) is 25.0 Å². The van der Waals surface area contributed by atoms with Crippen molar-refractivity contribution in [2.24, 2.45) is 0 Å². The first-order valence-electron chi connectivity index (χ1n) is 9.23. The van der Waals surface area contributed by atoms with Crippen LogP contribution in [0.3, 0.4) is 0 Å². The first kappa shape index (κ1) is 19.9. The number of aromatic carboxylic acids is 1. The van der Waals surface area contributed by atoms with Gasteiger partial charge in [-0.15, -0.1) is 0 Å². The normalized spacial score (nSPS) is 10.6. The second-order valence-electron chi connectivity index (χ2n) is 6.21. The lowest BCUT2D eigenvalue weighted by molar-refractivity contribution is -0.255. The van der Waals surface area contributed by atoms with Crippen molar-refractivity contribution >= 4 is 23.5 Å². The first-order valence-corrected chi connectivity index (χ1v) is 10.2. The SMILES string of the molecule is CCN(CC)c1cc(-c2ccccc2)nc(SCc2ccc(C(=O)[O-])cc2)n1. The van der Waals surface area contributed by atoms with Crippen LogP contribution >= 0.6 is 11.8 Å². The molecule has 0 saturated heterocycles. The van der Waals surface area contributed by atoms with Crippen LogP contribution in [-0.4, -0.2) is 29.0 Å². The molecule has 3 rings (SSSR count). The number of benzene rings is 2. The number of rotatable bonds is 8. The molecule has 0 atom stereocenters. The minimum absolute atomic E-state index is 0.180. The van der Waals surface area contributed by atoms with Crippen LogP contribution in [-0.2, 0) is 5.75 Å². The second-order valence-corrected chi connectivity index (χ2v) is 7.15. The predicted octanol–water partition coefficient (Wildman–Crippen LogP) is 3.65. The Hall–Kier alpha value is -2.86. The summed E-state index contributed by atoms with van der Waals surface area (Å²) in [5, 5.41) is 11.6. The number of carboxylic acid groups (broad SMARTS) is 1. The quantitative estimate of drug-likeness (QED) is 0.431. The lowest BCUT2D eigenvalue weighted by atomic mass is 10.1. The van der Waals surface area contributed by atoms with E-state index in [9.17, 15) is 9.90 Å². The average molecular weight is 393 g/mol. The van der Waals surface area contributed by atoms with Crippen molar-refractivity contribution in [3.8, 4) is 11.3 Å². The molecule has 0 radical (unpaired) electrons. The number of aromatic nitrogens is 2. The zero-order valence-electron chi connectivity index (χ0n) is 16.0. The molecule has 0 fully saturated rings. The summed E-state index contributed by atoms with van der Waals surface area (Å²) in [6.45, 7) is 5.96. The molecule has 28 heavy (non-hydrogen) atoms. The van der Waals surface area contributed by atoms with Crippen molar-refractivity contribution in [2.75, 3.05) is 18.0 Å². The molecule has 0 N–H and O–H groups in total. The summed E-state index contributed by atoms with van der Waals surface area (Å²) < 4.78 is 0. The molecule has 1 heterocycles. The van der Waals surface area contributed by atoms with Crippen LogP contribution in [0.2, 0.25) is 0 Å². The van der Waals surface area contributed by atoms with E-state index in [2.05, 4.69) is 18.7 Å². The molecule has 0 amide bonds. The van der Waals surface area contributed by atoms with Crippen LogP contribution in [0.4, 0.5) is 5.82 Å². The molecule has 2 aromatic carbocycles. The van der Waals surface area contributed by atoms with Crippen LogP contribution in [0.1, 0.15) is 29.8 Å². The molecule has 0 saturated carbocycles. The van der Waals surface area contributed by atoms with E-state index in [0.29, 0.717) is 10.9 Å². The van der Waals surface area contributed by atoms with E-state index in [0.717, 1.165) is 35.7 Å². The molecular weight excluding hydrogens is 370 g/mol. The fourth-order valence-corrected chi connectivity index (χ4v) is 3.64. The molecule has 0 spiro atoms. The molecule has 0 bridgehead atoms. The summed E-state index contributed by atoms with van der Waals surface area (Å²) in [5.41, 5.74) is 3.14. The minimum Gasteiger partial charge on any atom is -0.545 e. The van der Waals surface area contributed by atoms with Gasteiger partial charge in [0.05, 0.1) is 11.7 Å². The topological polar surface area (TPSA) is 69.2 Å². The highest BCUT2D eigenvalue weighted by atomic mass is 32.2. The second kappa shape index (κ2) is 9.37. The fourth-order valence-electron chi connectivity index (χ4n) is 2.83. The number of thioether (sulfide) groups is 1. The largest absolute Gasteiger partial charge is 0.545 e. The van der Waals surface area contributed by atoms with Crippen LogP contribution in [0.15, 0.2) is 65.8 Å². The van der Waals surface area contributed by atoms with Crippen LogP contribution < -0.4 is 10.0 Å². The molecule has 0 unspecified atom stereocenters. The van der Waals surface area contributed by atoms with Gasteiger partial charge in [0.1, 0.15) is 5.82 Å². The van der Waals surface area contributed by atoms with Gasteiger partial charge in [-0.25, -0.2) is 9.97 Å². The first-order chi connectivity index (χ1) is 13.6. The van der Waals surface area contributed by atoms with Crippen LogP contribution in [0.5, 0.6) is 0 Å². The summed E-state index contributed by atoms with van der Waals surface area (Å²) in [6.07, 6.45) is 0. The summed E-state index contributed by atoms with van der Waals surface area (Å²) in [4.78, 5) is 22.6. The number of anilines is 1. The smallest absolute Gasteiger partial charge is 0.190 e. The van der Waals surface area contributed by atoms with E-state index in [1.165, 1.54) is 11.8 Å². The molecule has 6 heteroatoms. The molecular formula is C22H22N3O2S-. The third-order valence-electron chi connectivity index (χ3n) is 4.41. The molecule has 3 aromatic rings. The molecule has 0 aliphatic heterocycles. The highest BCUT2D eigenvalue weighted by molar-refractivity contribution is 7.98. The highest BCUT2D eigenvalue weighted by Crippen LogP contribution is 2.27. The van der Waals surface area contributed by atoms with Crippen molar-refractivity contribution in [2.45, 2.75) is 24.8 Å². The van der Waals surface area contributed by atoms with Gasteiger partial charge in [0, 0.05) is 30.5 Å². The van der Waals surface area contributed by atoms with Gasteiger partial charge in [0.2, 0.25) is 0 Å². The van der Waals surface area contributed by atoms with Crippen molar-refractivity contribution < 1.29 is 9.90 Å². The van der Waals surface area contributed by atoms with Gasteiger partial charge in [0.25, 0.3) is 0 Å². The fraction of sp³-hybridized carbons (Fsp3) is 0.227. The Labute approximate surface area is 169 Å². The number of carboxylic acids is 1. The van der Waals surface area contributed by atoms with E-state index in [-0.39, 0.29) is 5.56 Å². The number of carbonyl (C=O) groups is 1. The highest BCUT2D eigenvalue weighted by Gasteiger charge is 2.11. The zero-order valence-corrected chi connectivity index (χ0v) is 16.8. The van der Waals surface area contributed by atoms with Crippen molar-refractivity contribution in [1.82, 2.24) is 9.97 Å². The average Bonchev–Trinajstić information content (AvgIpc) is 2.74. The van der Waals surface area contributed by atoms with Crippen LogP contribution in [0.25, 0.3) is 11.3 Å². The standard InChI is InChI=1S/C22H23N3O2S/c1-3-25(4-2)20-14-19(17-8-6-5-7-9-17)23-22(24-20)28-15-16-10-12-18(13-11-16)21(26)27/h5-14H,3-4,15H2,1-2H3,(H,26,27)/p-1. The third-order valence-corrected chi connectivity index (χ3v) is 5.33. The maximum absolute atomic E-state index is 10.9. The van der Waals surface area contributed by atoms with Gasteiger partial charge < -0.3 is 14.8 Å². The summed E-state index contributed by atoms with van der Waals surface area (Å²) in [7, 11) is 0. The maximum atomic E-state index is 10.9. The molecule has 5 nitrogen and oxygen atoms in total. The van der Waals surface area contributed by atoms with Gasteiger partial charge in [-0.2, -0.15) is 0 Å². The zero-order chi connectivity index (χ0) is 19.9. The Bertz CT molecular complexity index is 926. The van der Waals surface area contributed by atoms with E-state index in [1.54, 1.807) is 24.3 Å². The van der Waals surface area contributed by atoms with E-state index in [1.807, 2.05) is 36.4 Å². The Morgan fingerprint density at radius 3 is 2.29 bits per heavy atom. The molecule has 0 aliphatic carbocycles. The Morgan fingerprint density at radius 1 is 1.00 bits per heavy atom. The Kier molecular flexibility index (Phi) is 6.66. The van der Waals surface area contributed by atoms with Crippen molar-refractivity contribution in [3.05, 3.63) is 71.8 Å². The Balaban J connectivity index is 1.86. The van der Waals surface area contributed by atoms with E-state index in [4.69, 9.17) is 9.97 Å². The lowest BCUT2D eigenvalue weighted by Crippen LogP contribution is -2.23. The van der Waals surface area contributed by atoms with Gasteiger partial charge >= 0.3 is 0 Å². The van der Waals surface area contributed by atoms with Gasteiger partial charge in [-0.3, -0.25) is 0 Å². The Morgan fingerprint density at radius 2 is 1.68 bits per heavy atom. The number of carbonyl (C=O) groups excluding carboxylic acids is 1. The number of hydrogen-bond acceptors (Lipinski definition) is 6. The monoisotopic (exact) mass is 392 g/mol. The third kappa shape index (κ3) is 4.89. The molecule has 0 aliphatic rings. The number of nitrogens with zero attached hydrogens (tertiary/aromatic N) is 3. The molecule has 1 aromatic heterocycles. The maximum Gasteiger partial charge on any atom is 0.190 e. The van der Waals surface area contributed by atoms with Gasteiger partial charge in [0.15, 0.2) is 5.16 Å². The lowest BCUT2D eigenvalue weighted by Gasteiger charge is -2.21.